The molecule has 1 saturated carbocycles. The summed E-state index contributed by atoms with van der Waals surface area (Å²) in [6.07, 6.45) is 5.20. The lowest BCUT2D eigenvalue weighted by atomic mass is 10.1. The van der Waals surface area contributed by atoms with Gasteiger partial charge in [0.15, 0.2) is 0 Å². The first-order chi connectivity index (χ1) is 8.52. The van der Waals surface area contributed by atoms with Crippen molar-refractivity contribution in [3.05, 3.63) is 5.69 Å². The van der Waals surface area contributed by atoms with Gasteiger partial charge in [-0.3, -0.25) is 0 Å². The van der Waals surface area contributed by atoms with Crippen molar-refractivity contribution in [3.8, 4) is 0 Å². The highest BCUT2D eigenvalue weighted by Gasteiger charge is 2.26. The summed E-state index contributed by atoms with van der Waals surface area (Å²) in [6.45, 7) is 8.48. The maximum absolute atomic E-state index is 6.14. The van der Waals surface area contributed by atoms with Crippen molar-refractivity contribution in [2.45, 2.75) is 65.5 Å². The lowest BCUT2D eigenvalue weighted by Gasteiger charge is -2.20. The quantitative estimate of drug-likeness (QED) is 0.814. The van der Waals surface area contributed by atoms with Crippen LogP contribution in [0, 0.1) is 12.8 Å². The Kier molecular flexibility index (Phi) is 3.83. The van der Waals surface area contributed by atoms with Crippen molar-refractivity contribution in [2.75, 3.05) is 11.1 Å². The van der Waals surface area contributed by atoms with Gasteiger partial charge in [0.2, 0.25) is 0 Å². The number of nitrogens with zero attached hydrogens (tertiary/aromatic N) is 2. The molecule has 18 heavy (non-hydrogen) atoms. The zero-order valence-corrected chi connectivity index (χ0v) is 12.0. The Balaban J connectivity index is 2.14. The molecule has 2 rings (SSSR count). The summed E-state index contributed by atoms with van der Waals surface area (Å²) >= 11 is 0. The van der Waals surface area contributed by atoms with Gasteiger partial charge < -0.3 is 11.1 Å². The van der Waals surface area contributed by atoms with E-state index in [2.05, 4.69) is 31.2 Å². The van der Waals surface area contributed by atoms with Gasteiger partial charge in [0.05, 0.1) is 11.4 Å². The molecule has 0 aliphatic heterocycles. The SMILES string of the molecule is CCC(CC1CC1)Nc1c(N)c(C)nn1C(C)C. The van der Waals surface area contributed by atoms with Crippen molar-refractivity contribution in [2.24, 2.45) is 5.92 Å². The van der Waals surface area contributed by atoms with E-state index in [9.17, 15) is 0 Å². The molecule has 0 aromatic carbocycles. The molecule has 1 aromatic rings. The highest BCUT2D eigenvalue weighted by Crippen LogP contribution is 2.35. The predicted molar refractivity (Wildman–Crippen MR) is 76.8 cm³/mol. The van der Waals surface area contributed by atoms with Crippen LogP contribution in [-0.4, -0.2) is 15.8 Å². The van der Waals surface area contributed by atoms with Crippen molar-refractivity contribution < 1.29 is 0 Å². The Bertz CT molecular complexity index is 404. The molecule has 0 radical (unpaired) electrons. The van der Waals surface area contributed by atoms with E-state index in [-0.39, 0.29) is 0 Å². The fourth-order valence-electron chi connectivity index (χ4n) is 2.35. The molecule has 1 fully saturated rings. The second-order valence-electron chi connectivity index (χ2n) is 5.81. The zero-order valence-electron chi connectivity index (χ0n) is 12.0. The van der Waals surface area contributed by atoms with E-state index in [0.717, 1.165) is 29.5 Å². The second-order valence-corrected chi connectivity index (χ2v) is 5.81. The van der Waals surface area contributed by atoms with E-state index in [4.69, 9.17) is 5.73 Å². The largest absolute Gasteiger partial charge is 0.394 e. The number of anilines is 2. The van der Waals surface area contributed by atoms with Gasteiger partial charge >= 0.3 is 0 Å². The van der Waals surface area contributed by atoms with Crippen LogP contribution in [0.25, 0.3) is 0 Å². The fourth-order valence-corrected chi connectivity index (χ4v) is 2.35. The smallest absolute Gasteiger partial charge is 0.148 e. The van der Waals surface area contributed by atoms with Gasteiger partial charge in [-0.15, -0.1) is 0 Å². The second kappa shape index (κ2) is 5.21. The summed E-state index contributed by atoms with van der Waals surface area (Å²) in [5, 5.41) is 8.14. The number of hydrogen-bond acceptors (Lipinski definition) is 3. The normalized spacial score (nSPS) is 17.2. The Morgan fingerprint density at radius 1 is 1.44 bits per heavy atom. The Hall–Kier alpha value is -1.19. The minimum absolute atomic E-state index is 0.335. The van der Waals surface area contributed by atoms with Crippen LogP contribution in [0.3, 0.4) is 0 Å². The molecule has 0 saturated heterocycles. The minimum Gasteiger partial charge on any atom is -0.394 e. The van der Waals surface area contributed by atoms with Crippen LogP contribution in [0.2, 0.25) is 0 Å². The van der Waals surface area contributed by atoms with Crippen molar-refractivity contribution in [1.29, 1.82) is 0 Å². The third kappa shape index (κ3) is 2.79. The molecule has 1 aliphatic carbocycles. The van der Waals surface area contributed by atoms with E-state index in [1.807, 2.05) is 11.6 Å². The summed E-state index contributed by atoms with van der Waals surface area (Å²) in [5.41, 5.74) is 7.87. The highest BCUT2D eigenvalue weighted by atomic mass is 15.4. The summed E-state index contributed by atoms with van der Waals surface area (Å²) < 4.78 is 2.01. The van der Waals surface area contributed by atoms with Crippen LogP contribution in [0.15, 0.2) is 0 Å². The van der Waals surface area contributed by atoms with E-state index in [0.29, 0.717) is 12.1 Å². The molecular weight excluding hydrogens is 224 g/mol. The van der Waals surface area contributed by atoms with E-state index < -0.39 is 0 Å². The maximum Gasteiger partial charge on any atom is 0.148 e. The summed E-state index contributed by atoms with van der Waals surface area (Å²) in [6, 6.07) is 0.857. The van der Waals surface area contributed by atoms with Crippen LogP contribution < -0.4 is 11.1 Å². The fraction of sp³-hybridized carbons (Fsp3) is 0.786. The lowest BCUT2D eigenvalue weighted by Crippen LogP contribution is -2.22. The molecule has 4 heteroatoms. The molecule has 1 heterocycles. The average Bonchev–Trinajstić information content (AvgIpc) is 3.09. The van der Waals surface area contributed by atoms with Crippen molar-refractivity contribution in [1.82, 2.24) is 9.78 Å². The molecule has 0 spiro atoms. The Labute approximate surface area is 110 Å². The maximum atomic E-state index is 6.14. The first-order valence-electron chi connectivity index (χ1n) is 7.14. The number of hydrogen-bond donors (Lipinski definition) is 2. The van der Waals surface area contributed by atoms with Crippen LogP contribution in [0.4, 0.5) is 11.5 Å². The third-order valence-electron chi connectivity index (χ3n) is 3.77. The van der Waals surface area contributed by atoms with Crippen molar-refractivity contribution in [3.63, 3.8) is 0 Å². The van der Waals surface area contributed by atoms with Crippen LogP contribution in [-0.2, 0) is 0 Å². The average molecular weight is 250 g/mol. The summed E-state index contributed by atoms with van der Waals surface area (Å²) in [7, 11) is 0. The lowest BCUT2D eigenvalue weighted by molar-refractivity contribution is 0.520. The van der Waals surface area contributed by atoms with Gasteiger partial charge in [0, 0.05) is 12.1 Å². The number of aromatic nitrogens is 2. The van der Waals surface area contributed by atoms with Gasteiger partial charge in [-0.1, -0.05) is 19.8 Å². The van der Waals surface area contributed by atoms with E-state index >= 15 is 0 Å². The number of aryl methyl sites for hydroxylation is 1. The standard InChI is InChI=1S/C14H26N4/c1-5-12(8-11-6-7-11)16-14-13(15)10(4)17-18(14)9(2)3/h9,11-12,16H,5-8,15H2,1-4H3. The van der Waals surface area contributed by atoms with Crippen molar-refractivity contribution >= 4 is 11.5 Å². The number of nitrogen functional groups attached to an aromatic ring is 1. The Morgan fingerprint density at radius 2 is 2.11 bits per heavy atom. The van der Waals surface area contributed by atoms with Crippen LogP contribution in [0.5, 0.6) is 0 Å². The van der Waals surface area contributed by atoms with Gasteiger partial charge in [-0.2, -0.15) is 5.10 Å². The van der Waals surface area contributed by atoms with Crippen LogP contribution in [0.1, 0.15) is 58.2 Å². The van der Waals surface area contributed by atoms with Crippen LogP contribution >= 0.6 is 0 Å². The molecule has 102 valence electrons. The molecule has 1 unspecified atom stereocenters. The molecule has 4 nitrogen and oxygen atoms in total. The molecule has 1 aliphatic rings. The topological polar surface area (TPSA) is 55.9 Å². The van der Waals surface area contributed by atoms with Gasteiger partial charge in [0.1, 0.15) is 5.82 Å². The van der Waals surface area contributed by atoms with E-state index in [1.54, 1.807) is 0 Å². The number of nitrogens with one attached hydrogen (secondary N) is 1. The van der Waals surface area contributed by atoms with E-state index in [1.165, 1.54) is 19.3 Å². The highest BCUT2D eigenvalue weighted by molar-refractivity contribution is 5.65. The molecule has 0 amide bonds. The van der Waals surface area contributed by atoms with Gasteiger partial charge in [0.25, 0.3) is 0 Å². The molecule has 3 N–H and O–H groups in total. The molecular formula is C14H26N4. The number of rotatable bonds is 6. The molecule has 1 aromatic heterocycles. The predicted octanol–water partition coefficient (Wildman–Crippen LogP) is 3.35. The molecule has 0 bridgehead atoms. The van der Waals surface area contributed by atoms with Gasteiger partial charge in [-0.25, -0.2) is 4.68 Å². The summed E-state index contributed by atoms with van der Waals surface area (Å²) in [4.78, 5) is 0. The third-order valence-corrected chi connectivity index (χ3v) is 3.77. The first-order valence-corrected chi connectivity index (χ1v) is 7.14. The Morgan fingerprint density at radius 3 is 2.61 bits per heavy atom. The summed E-state index contributed by atoms with van der Waals surface area (Å²) in [5.74, 6) is 1.94. The minimum atomic E-state index is 0.335. The first kappa shape index (κ1) is 13.2. The zero-order chi connectivity index (χ0) is 13.3. The number of nitrogens with two attached hydrogens (primary N) is 1. The molecule has 1 atom stereocenters. The monoisotopic (exact) mass is 250 g/mol. The van der Waals surface area contributed by atoms with Gasteiger partial charge in [-0.05, 0) is 39.5 Å².